The number of aromatic amines is 1. The third-order valence-electron chi connectivity index (χ3n) is 4.12. The number of amides is 1. The number of H-pyrrole nitrogens is 1. The minimum absolute atomic E-state index is 0.104. The molecule has 25 heavy (non-hydrogen) atoms. The molecule has 1 amide bonds. The van der Waals surface area contributed by atoms with Crippen molar-refractivity contribution in [3.63, 3.8) is 0 Å². The van der Waals surface area contributed by atoms with Gasteiger partial charge in [-0.3, -0.25) is 4.79 Å². The molecule has 3 N–H and O–H groups in total. The Morgan fingerprint density at radius 1 is 1.12 bits per heavy atom. The summed E-state index contributed by atoms with van der Waals surface area (Å²) in [5.41, 5.74) is 4.05. The number of hydrogen-bond donors (Lipinski definition) is 3. The van der Waals surface area contributed by atoms with E-state index in [0.29, 0.717) is 5.39 Å². The summed E-state index contributed by atoms with van der Waals surface area (Å²) in [4.78, 5) is 15.1. The molecule has 3 rings (SSSR count). The van der Waals surface area contributed by atoms with Crippen molar-refractivity contribution in [3.8, 4) is 5.88 Å². The molecular formula is C19H20N4O2. The molecular weight excluding hydrogens is 316 g/mol. The first-order valence-electron chi connectivity index (χ1n) is 8.05. The second-order valence-electron chi connectivity index (χ2n) is 6.04. The van der Waals surface area contributed by atoms with E-state index in [0.717, 1.165) is 22.3 Å². The summed E-state index contributed by atoms with van der Waals surface area (Å²) in [7, 11) is 0. The highest BCUT2D eigenvalue weighted by atomic mass is 16.3. The second kappa shape index (κ2) is 6.76. The van der Waals surface area contributed by atoms with Gasteiger partial charge in [-0.2, -0.15) is 0 Å². The van der Waals surface area contributed by atoms with Gasteiger partial charge in [0, 0.05) is 11.1 Å². The minimum atomic E-state index is -0.532. The minimum Gasteiger partial charge on any atom is -0.493 e. The van der Waals surface area contributed by atoms with Crippen LogP contribution < -0.4 is 5.32 Å². The summed E-state index contributed by atoms with van der Waals surface area (Å²) in [6.07, 6.45) is 0. The van der Waals surface area contributed by atoms with Crippen LogP contribution in [0.1, 0.15) is 18.1 Å². The van der Waals surface area contributed by atoms with Crippen LogP contribution in [-0.4, -0.2) is 22.0 Å². The maximum Gasteiger partial charge on any atom is 0.286 e. The fourth-order valence-electron chi connectivity index (χ4n) is 2.72. The van der Waals surface area contributed by atoms with E-state index in [2.05, 4.69) is 20.5 Å². The molecule has 1 atom stereocenters. The highest BCUT2D eigenvalue weighted by Crippen LogP contribution is 2.35. The number of anilines is 1. The Balaban J connectivity index is 1.79. The van der Waals surface area contributed by atoms with Crippen LogP contribution in [0.15, 0.2) is 52.7 Å². The van der Waals surface area contributed by atoms with E-state index in [1.165, 1.54) is 0 Å². The first kappa shape index (κ1) is 16.7. The summed E-state index contributed by atoms with van der Waals surface area (Å²) in [6.45, 7) is 5.71. The van der Waals surface area contributed by atoms with Gasteiger partial charge in [0.2, 0.25) is 5.88 Å². The van der Waals surface area contributed by atoms with Gasteiger partial charge in [0.15, 0.2) is 5.69 Å². The normalized spacial score (nSPS) is 12.6. The average Bonchev–Trinajstić information content (AvgIpc) is 2.91. The van der Waals surface area contributed by atoms with E-state index in [9.17, 15) is 9.90 Å². The molecule has 0 spiro atoms. The number of aryl methyl sites for hydroxylation is 2. The molecule has 1 unspecified atom stereocenters. The molecule has 0 aliphatic heterocycles. The van der Waals surface area contributed by atoms with Gasteiger partial charge in [-0.1, -0.05) is 36.4 Å². The number of aromatic nitrogens is 1. The van der Waals surface area contributed by atoms with E-state index in [4.69, 9.17) is 0 Å². The topological polar surface area (TPSA) is 89.8 Å². The lowest BCUT2D eigenvalue weighted by molar-refractivity contribution is -0.118. The molecule has 6 nitrogen and oxygen atoms in total. The summed E-state index contributed by atoms with van der Waals surface area (Å²) >= 11 is 0. The van der Waals surface area contributed by atoms with Crippen molar-refractivity contribution in [1.29, 1.82) is 0 Å². The molecule has 0 aliphatic rings. The van der Waals surface area contributed by atoms with Crippen LogP contribution in [-0.2, 0) is 4.79 Å². The highest BCUT2D eigenvalue weighted by molar-refractivity contribution is 5.94. The predicted molar refractivity (Wildman–Crippen MR) is 98.5 cm³/mol. The lowest BCUT2D eigenvalue weighted by atomic mass is 10.1. The van der Waals surface area contributed by atoms with Crippen molar-refractivity contribution in [2.45, 2.75) is 26.8 Å². The predicted octanol–water partition coefficient (Wildman–Crippen LogP) is 4.60. The molecule has 0 saturated carbocycles. The Morgan fingerprint density at radius 2 is 1.80 bits per heavy atom. The maximum atomic E-state index is 12.3. The molecule has 0 saturated heterocycles. The smallest absolute Gasteiger partial charge is 0.286 e. The first-order chi connectivity index (χ1) is 12.0. The van der Waals surface area contributed by atoms with Crippen LogP contribution in [0.25, 0.3) is 10.9 Å². The van der Waals surface area contributed by atoms with E-state index < -0.39 is 11.9 Å². The summed E-state index contributed by atoms with van der Waals surface area (Å²) in [5.74, 6) is -0.513. The maximum absolute atomic E-state index is 12.3. The fourth-order valence-corrected chi connectivity index (χ4v) is 2.72. The molecule has 3 aromatic rings. The van der Waals surface area contributed by atoms with E-state index in [-0.39, 0.29) is 11.6 Å². The van der Waals surface area contributed by atoms with Crippen LogP contribution >= 0.6 is 0 Å². The van der Waals surface area contributed by atoms with Crippen molar-refractivity contribution >= 4 is 28.2 Å². The van der Waals surface area contributed by atoms with Crippen LogP contribution in [0.5, 0.6) is 5.88 Å². The number of aromatic hydroxyl groups is 1. The first-order valence-corrected chi connectivity index (χ1v) is 8.05. The largest absolute Gasteiger partial charge is 0.493 e. The summed E-state index contributed by atoms with van der Waals surface area (Å²) in [5, 5.41) is 21.6. The number of para-hydroxylation sites is 2. The monoisotopic (exact) mass is 336 g/mol. The Hall–Kier alpha value is -3.15. The van der Waals surface area contributed by atoms with Gasteiger partial charge in [0.05, 0.1) is 5.52 Å². The van der Waals surface area contributed by atoms with Gasteiger partial charge < -0.3 is 15.4 Å². The standard InChI is InChI=1S/C19H20N4O2/c1-11-7-6-8-12(2)16(11)20-13(3)18(24)23-22-17-14-9-4-5-10-15(14)21-19(17)25/h4-10,13,20-21,25H,1-3H3. The van der Waals surface area contributed by atoms with Gasteiger partial charge >= 0.3 is 0 Å². The van der Waals surface area contributed by atoms with Gasteiger partial charge in [-0.15, -0.1) is 10.2 Å². The Morgan fingerprint density at radius 3 is 2.52 bits per heavy atom. The third kappa shape index (κ3) is 3.38. The summed E-state index contributed by atoms with van der Waals surface area (Å²) in [6, 6.07) is 12.7. The van der Waals surface area contributed by atoms with Crippen LogP contribution in [0.2, 0.25) is 0 Å². The molecule has 128 valence electrons. The number of fused-ring (bicyclic) bond motifs is 1. The number of azo groups is 1. The lowest BCUT2D eigenvalue weighted by Gasteiger charge is -2.16. The zero-order chi connectivity index (χ0) is 18.0. The van der Waals surface area contributed by atoms with Gasteiger partial charge in [0.25, 0.3) is 5.91 Å². The number of carbonyl (C=O) groups is 1. The van der Waals surface area contributed by atoms with Crippen LogP contribution in [0.3, 0.4) is 0 Å². The number of rotatable bonds is 4. The molecule has 0 aliphatic carbocycles. The van der Waals surface area contributed by atoms with Gasteiger partial charge in [-0.25, -0.2) is 0 Å². The Bertz CT molecular complexity index is 939. The van der Waals surface area contributed by atoms with Gasteiger partial charge in [-0.05, 0) is 38.0 Å². The van der Waals surface area contributed by atoms with E-state index in [1.807, 2.05) is 56.3 Å². The Labute approximate surface area is 145 Å². The number of benzene rings is 2. The van der Waals surface area contributed by atoms with Crippen molar-refractivity contribution < 1.29 is 9.90 Å². The molecule has 6 heteroatoms. The zero-order valence-electron chi connectivity index (χ0n) is 14.4. The molecule has 0 bridgehead atoms. The second-order valence-corrected chi connectivity index (χ2v) is 6.04. The van der Waals surface area contributed by atoms with Crippen molar-refractivity contribution in [1.82, 2.24) is 4.98 Å². The molecule has 0 radical (unpaired) electrons. The quantitative estimate of drug-likeness (QED) is 0.608. The van der Waals surface area contributed by atoms with E-state index >= 15 is 0 Å². The van der Waals surface area contributed by atoms with Crippen molar-refractivity contribution in [2.75, 3.05) is 5.32 Å². The average molecular weight is 336 g/mol. The summed E-state index contributed by atoms with van der Waals surface area (Å²) < 4.78 is 0. The lowest BCUT2D eigenvalue weighted by Crippen LogP contribution is -2.25. The number of hydrogen-bond acceptors (Lipinski definition) is 4. The fraction of sp³-hybridized carbons (Fsp3) is 0.211. The van der Waals surface area contributed by atoms with Crippen LogP contribution in [0, 0.1) is 13.8 Å². The van der Waals surface area contributed by atoms with Crippen molar-refractivity contribution in [3.05, 3.63) is 53.6 Å². The molecule has 1 aromatic heterocycles. The number of carbonyl (C=O) groups excluding carboxylic acids is 1. The molecule has 2 aromatic carbocycles. The number of nitrogens with one attached hydrogen (secondary N) is 2. The van der Waals surface area contributed by atoms with Crippen LogP contribution in [0.4, 0.5) is 11.4 Å². The SMILES string of the molecule is Cc1cccc(C)c1NC(C)C(=O)N=Nc1c(O)[nH]c2ccccc12. The third-order valence-corrected chi connectivity index (χ3v) is 4.12. The zero-order valence-corrected chi connectivity index (χ0v) is 14.4. The molecule has 1 heterocycles. The van der Waals surface area contributed by atoms with Gasteiger partial charge in [0.1, 0.15) is 6.04 Å². The number of nitrogens with zero attached hydrogens (tertiary/aromatic N) is 2. The molecule has 0 fully saturated rings. The van der Waals surface area contributed by atoms with Crippen molar-refractivity contribution in [2.24, 2.45) is 10.2 Å². The highest BCUT2D eigenvalue weighted by Gasteiger charge is 2.15. The Kier molecular flexibility index (Phi) is 4.52. The van der Waals surface area contributed by atoms with E-state index in [1.54, 1.807) is 6.92 Å².